The van der Waals surface area contributed by atoms with Crippen molar-refractivity contribution in [3.8, 4) is 11.4 Å². The summed E-state index contributed by atoms with van der Waals surface area (Å²) in [5.74, 6) is -0.685. The van der Waals surface area contributed by atoms with Crippen molar-refractivity contribution >= 4 is 28.5 Å². The zero-order valence-corrected chi connectivity index (χ0v) is 17.0. The van der Waals surface area contributed by atoms with E-state index < -0.39 is 18.0 Å². The van der Waals surface area contributed by atoms with Crippen LogP contribution in [0, 0.1) is 6.92 Å². The van der Waals surface area contributed by atoms with E-state index in [0.29, 0.717) is 11.5 Å². The van der Waals surface area contributed by atoms with Crippen molar-refractivity contribution < 1.29 is 14.3 Å². The molecule has 0 spiro atoms. The second-order valence-electron chi connectivity index (χ2n) is 7.01. The van der Waals surface area contributed by atoms with Gasteiger partial charge in [-0.2, -0.15) is 4.80 Å². The fourth-order valence-corrected chi connectivity index (χ4v) is 2.98. The molecule has 0 aliphatic carbocycles. The monoisotopic (exact) mass is 416 g/mol. The van der Waals surface area contributed by atoms with Crippen molar-refractivity contribution in [2.24, 2.45) is 0 Å². The van der Waals surface area contributed by atoms with Crippen LogP contribution in [-0.2, 0) is 20.9 Å². The van der Waals surface area contributed by atoms with Gasteiger partial charge >= 0.3 is 5.97 Å². The first-order valence-corrected chi connectivity index (χ1v) is 9.68. The third-order valence-electron chi connectivity index (χ3n) is 4.61. The number of ether oxygens (including phenoxy) is 1. The molecule has 2 heterocycles. The van der Waals surface area contributed by atoms with Crippen LogP contribution in [-0.4, -0.2) is 43.2 Å². The molecular weight excluding hydrogens is 396 g/mol. The number of esters is 1. The van der Waals surface area contributed by atoms with Crippen LogP contribution < -0.4 is 5.32 Å². The standard InChI is InChI=1S/C22H20N6O3/c1-14-8-10-16(11-9-14)21-25-27-28(26-21)13-20(29)31-15(2)22(30)24-19-7-3-6-18-17(19)5-4-12-23-18/h3-12,15H,13H2,1-2H3,(H,24,30). The highest BCUT2D eigenvalue weighted by Crippen LogP contribution is 2.21. The van der Waals surface area contributed by atoms with Gasteiger partial charge in [0, 0.05) is 17.1 Å². The normalized spacial score (nSPS) is 11.8. The molecule has 4 aromatic rings. The lowest BCUT2D eigenvalue weighted by Crippen LogP contribution is -2.31. The molecule has 1 atom stereocenters. The van der Waals surface area contributed by atoms with E-state index in [0.717, 1.165) is 26.8 Å². The Labute approximate surface area is 178 Å². The smallest absolute Gasteiger partial charge is 0.330 e. The molecule has 1 amide bonds. The molecule has 9 nitrogen and oxygen atoms in total. The number of tetrazole rings is 1. The number of nitrogens with one attached hydrogen (secondary N) is 1. The second-order valence-corrected chi connectivity index (χ2v) is 7.01. The van der Waals surface area contributed by atoms with Crippen molar-refractivity contribution in [2.75, 3.05) is 5.32 Å². The molecule has 1 unspecified atom stereocenters. The predicted octanol–water partition coefficient (Wildman–Crippen LogP) is 2.77. The quantitative estimate of drug-likeness (QED) is 0.481. The largest absolute Gasteiger partial charge is 0.451 e. The fraction of sp³-hybridized carbons (Fsp3) is 0.182. The highest BCUT2D eigenvalue weighted by atomic mass is 16.5. The van der Waals surface area contributed by atoms with Crippen LogP contribution in [0.25, 0.3) is 22.3 Å². The SMILES string of the molecule is Cc1ccc(-c2nnn(CC(=O)OC(C)C(=O)Nc3cccc4ncccc34)n2)cc1. The number of carbonyl (C=O) groups is 2. The van der Waals surface area contributed by atoms with Crippen LogP contribution >= 0.6 is 0 Å². The van der Waals surface area contributed by atoms with Crippen LogP contribution in [0.5, 0.6) is 0 Å². The van der Waals surface area contributed by atoms with E-state index in [1.54, 1.807) is 24.4 Å². The maximum atomic E-state index is 12.5. The number of anilines is 1. The van der Waals surface area contributed by atoms with Crippen LogP contribution in [0.1, 0.15) is 12.5 Å². The Balaban J connectivity index is 1.36. The first-order chi connectivity index (χ1) is 15.0. The second kappa shape index (κ2) is 8.70. The van der Waals surface area contributed by atoms with E-state index in [9.17, 15) is 9.59 Å². The summed E-state index contributed by atoms with van der Waals surface area (Å²) in [5.41, 5.74) is 3.26. The molecule has 2 aromatic heterocycles. The molecule has 1 N–H and O–H groups in total. The number of hydrogen-bond acceptors (Lipinski definition) is 7. The number of hydrogen-bond donors (Lipinski definition) is 1. The van der Waals surface area contributed by atoms with Crippen LogP contribution in [0.15, 0.2) is 60.8 Å². The molecule has 0 aliphatic rings. The molecule has 4 rings (SSSR count). The van der Waals surface area contributed by atoms with E-state index in [1.807, 2.05) is 43.3 Å². The zero-order valence-electron chi connectivity index (χ0n) is 17.0. The summed E-state index contributed by atoms with van der Waals surface area (Å²) in [4.78, 5) is 30.1. The summed E-state index contributed by atoms with van der Waals surface area (Å²) >= 11 is 0. The molecule has 0 radical (unpaired) electrons. The third-order valence-corrected chi connectivity index (χ3v) is 4.61. The Morgan fingerprint density at radius 3 is 2.71 bits per heavy atom. The maximum Gasteiger partial charge on any atom is 0.330 e. The van der Waals surface area contributed by atoms with Crippen molar-refractivity contribution in [1.82, 2.24) is 25.2 Å². The van der Waals surface area contributed by atoms with Gasteiger partial charge in [0.05, 0.1) is 11.2 Å². The van der Waals surface area contributed by atoms with Crippen LogP contribution in [0.4, 0.5) is 5.69 Å². The van der Waals surface area contributed by atoms with Crippen molar-refractivity contribution in [3.05, 3.63) is 66.4 Å². The Hall–Kier alpha value is -4.14. The molecule has 0 saturated carbocycles. The van der Waals surface area contributed by atoms with Crippen LogP contribution in [0.3, 0.4) is 0 Å². The average Bonchev–Trinajstić information content (AvgIpc) is 3.22. The summed E-state index contributed by atoms with van der Waals surface area (Å²) in [7, 11) is 0. The van der Waals surface area contributed by atoms with E-state index in [1.165, 1.54) is 6.92 Å². The maximum absolute atomic E-state index is 12.5. The summed E-state index contributed by atoms with van der Waals surface area (Å²) in [6, 6.07) is 16.7. The molecule has 0 fully saturated rings. The van der Waals surface area contributed by atoms with E-state index >= 15 is 0 Å². The number of carbonyl (C=O) groups excluding carboxylic acids is 2. The van der Waals surface area contributed by atoms with Gasteiger partial charge in [-0.15, -0.1) is 10.2 Å². The number of aromatic nitrogens is 5. The minimum atomic E-state index is -1.00. The molecule has 0 aliphatic heterocycles. The average molecular weight is 416 g/mol. The Morgan fingerprint density at radius 1 is 1.10 bits per heavy atom. The molecule has 0 bridgehead atoms. The van der Waals surface area contributed by atoms with Gasteiger partial charge < -0.3 is 10.1 Å². The summed E-state index contributed by atoms with van der Waals surface area (Å²) in [6.45, 7) is 3.23. The summed E-state index contributed by atoms with van der Waals surface area (Å²) in [6.07, 6.45) is 0.681. The Bertz CT molecular complexity index is 1230. The van der Waals surface area contributed by atoms with Gasteiger partial charge in [0.25, 0.3) is 5.91 Å². The van der Waals surface area contributed by atoms with Gasteiger partial charge in [0.2, 0.25) is 5.82 Å². The van der Waals surface area contributed by atoms with Gasteiger partial charge in [-0.25, -0.2) is 4.79 Å². The van der Waals surface area contributed by atoms with Gasteiger partial charge in [-0.3, -0.25) is 9.78 Å². The highest BCUT2D eigenvalue weighted by Gasteiger charge is 2.20. The molecule has 31 heavy (non-hydrogen) atoms. The predicted molar refractivity (Wildman–Crippen MR) is 114 cm³/mol. The minimum absolute atomic E-state index is 0.255. The molecule has 9 heteroatoms. The summed E-state index contributed by atoms with van der Waals surface area (Å²) < 4.78 is 5.24. The topological polar surface area (TPSA) is 112 Å². The van der Waals surface area contributed by atoms with E-state index in [-0.39, 0.29) is 6.54 Å². The lowest BCUT2D eigenvalue weighted by molar-refractivity contribution is -0.154. The van der Waals surface area contributed by atoms with E-state index in [2.05, 4.69) is 25.7 Å². The molecule has 156 valence electrons. The van der Waals surface area contributed by atoms with Gasteiger partial charge in [0.1, 0.15) is 0 Å². The van der Waals surface area contributed by atoms with Gasteiger partial charge in [-0.05, 0) is 43.3 Å². The highest BCUT2D eigenvalue weighted by molar-refractivity contribution is 6.02. The number of nitrogens with zero attached hydrogens (tertiary/aromatic N) is 5. The molecule has 2 aromatic carbocycles. The van der Waals surface area contributed by atoms with Gasteiger partial charge in [-0.1, -0.05) is 35.9 Å². The van der Waals surface area contributed by atoms with Crippen molar-refractivity contribution in [3.63, 3.8) is 0 Å². The molecular formula is C22H20N6O3. The summed E-state index contributed by atoms with van der Waals surface area (Å²) in [5, 5.41) is 15.6. The number of pyridine rings is 1. The number of aryl methyl sites for hydroxylation is 1. The van der Waals surface area contributed by atoms with Crippen molar-refractivity contribution in [1.29, 1.82) is 0 Å². The lowest BCUT2D eigenvalue weighted by atomic mass is 10.1. The number of rotatable bonds is 6. The zero-order chi connectivity index (χ0) is 21.8. The number of fused-ring (bicyclic) bond motifs is 1. The van der Waals surface area contributed by atoms with E-state index in [4.69, 9.17) is 4.74 Å². The number of benzene rings is 2. The van der Waals surface area contributed by atoms with Crippen molar-refractivity contribution in [2.45, 2.75) is 26.5 Å². The molecule has 0 saturated heterocycles. The van der Waals surface area contributed by atoms with Crippen LogP contribution in [0.2, 0.25) is 0 Å². The lowest BCUT2D eigenvalue weighted by Gasteiger charge is -2.14. The Morgan fingerprint density at radius 2 is 1.90 bits per heavy atom. The Kier molecular flexibility index (Phi) is 5.65. The number of amides is 1. The van der Waals surface area contributed by atoms with Gasteiger partial charge in [0.15, 0.2) is 12.6 Å². The third kappa shape index (κ3) is 4.72. The first kappa shape index (κ1) is 20.1. The minimum Gasteiger partial charge on any atom is -0.451 e. The first-order valence-electron chi connectivity index (χ1n) is 9.68. The fourth-order valence-electron chi connectivity index (χ4n) is 2.98.